The fraction of sp³-hybridized carbons (Fsp3) is 0.174. The molecule has 2 aromatic heterocycles. The summed E-state index contributed by atoms with van der Waals surface area (Å²) in [5.74, 6) is -0.742. The van der Waals surface area contributed by atoms with E-state index >= 15 is 0 Å². The van der Waals surface area contributed by atoms with E-state index in [0.29, 0.717) is 16.1 Å². The molecule has 2 N–H and O–H groups in total. The fourth-order valence-electron chi connectivity index (χ4n) is 3.12. The third kappa shape index (κ3) is 5.49. The van der Waals surface area contributed by atoms with E-state index in [-0.39, 0.29) is 23.8 Å². The van der Waals surface area contributed by atoms with Gasteiger partial charge in [-0.2, -0.15) is 0 Å². The minimum absolute atomic E-state index is 0.0382. The minimum atomic E-state index is -0.591. The molecule has 0 bridgehead atoms. The van der Waals surface area contributed by atoms with Crippen LogP contribution in [0.25, 0.3) is 11.3 Å². The van der Waals surface area contributed by atoms with Crippen molar-refractivity contribution in [3.8, 4) is 11.3 Å². The lowest BCUT2D eigenvalue weighted by Gasteiger charge is -2.06. The van der Waals surface area contributed by atoms with Crippen molar-refractivity contribution in [1.29, 1.82) is 0 Å². The van der Waals surface area contributed by atoms with Crippen molar-refractivity contribution >= 4 is 40.0 Å². The van der Waals surface area contributed by atoms with Gasteiger partial charge in [-0.3, -0.25) is 9.59 Å². The van der Waals surface area contributed by atoms with Gasteiger partial charge >= 0.3 is 0 Å². The van der Waals surface area contributed by atoms with E-state index < -0.39 is 11.7 Å². The number of carbonyl (C=O) groups excluding carboxylic acids is 2. The maximum atomic E-state index is 13.8. The summed E-state index contributed by atoms with van der Waals surface area (Å²) in [5, 5.41) is 14.7. The number of benzene rings is 2. The van der Waals surface area contributed by atoms with Crippen molar-refractivity contribution in [3.05, 3.63) is 76.7 Å². The second-order valence-electron chi connectivity index (χ2n) is 7.25. The summed E-state index contributed by atoms with van der Waals surface area (Å²) in [6.45, 7) is 2.04. The minimum Gasteiger partial charge on any atom is -0.345 e. The summed E-state index contributed by atoms with van der Waals surface area (Å²) < 4.78 is 15.4. The quantitative estimate of drug-likeness (QED) is 0.357. The van der Waals surface area contributed by atoms with Crippen LogP contribution in [-0.2, 0) is 18.4 Å². The van der Waals surface area contributed by atoms with E-state index in [4.69, 9.17) is 0 Å². The predicted octanol–water partition coefficient (Wildman–Crippen LogP) is 4.05. The molecule has 4 aromatic rings. The number of carbonyl (C=O) groups is 2. The van der Waals surface area contributed by atoms with Crippen LogP contribution in [0.5, 0.6) is 0 Å². The summed E-state index contributed by atoms with van der Waals surface area (Å²) in [6, 6.07) is 15.6. The van der Waals surface area contributed by atoms with Gasteiger partial charge in [0.2, 0.25) is 5.91 Å². The number of thioether (sulfide) groups is 1. The molecular formula is C23H21FN6O2S2. The van der Waals surface area contributed by atoms with Crippen LogP contribution in [0.15, 0.2) is 59.8 Å². The molecule has 0 aliphatic carbocycles. The summed E-state index contributed by atoms with van der Waals surface area (Å²) >= 11 is 2.64. The number of amides is 2. The van der Waals surface area contributed by atoms with Crippen molar-refractivity contribution < 1.29 is 14.0 Å². The Bertz CT molecular complexity index is 1320. The van der Waals surface area contributed by atoms with Gasteiger partial charge in [0.05, 0.1) is 23.6 Å². The lowest BCUT2D eigenvalue weighted by Crippen LogP contribution is -2.25. The van der Waals surface area contributed by atoms with Crippen LogP contribution >= 0.6 is 23.1 Å². The molecule has 0 aliphatic heterocycles. The number of nitrogens with one attached hydrogen (secondary N) is 2. The van der Waals surface area contributed by atoms with Crippen molar-refractivity contribution in [2.45, 2.75) is 18.6 Å². The van der Waals surface area contributed by atoms with Crippen LogP contribution in [-0.4, -0.2) is 37.3 Å². The van der Waals surface area contributed by atoms with E-state index in [9.17, 15) is 14.0 Å². The van der Waals surface area contributed by atoms with Crippen LogP contribution < -0.4 is 10.6 Å². The SMILES string of the molecule is Cc1sc(NC(=O)CSc2nnc(CNC(=O)c3ccccc3F)n2C)nc1-c1ccccc1. The molecular weight excluding hydrogens is 475 g/mol. The first kappa shape index (κ1) is 23.6. The van der Waals surface area contributed by atoms with Crippen LogP contribution in [0.1, 0.15) is 21.1 Å². The summed E-state index contributed by atoms with van der Waals surface area (Å²) in [6.07, 6.45) is 0. The topological polar surface area (TPSA) is 102 Å². The van der Waals surface area contributed by atoms with Crippen LogP contribution in [0.2, 0.25) is 0 Å². The van der Waals surface area contributed by atoms with Gasteiger partial charge in [0.25, 0.3) is 5.91 Å². The van der Waals surface area contributed by atoms with Gasteiger partial charge in [0.15, 0.2) is 16.1 Å². The number of halogens is 1. The number of rotatable bonds is 8. The lowest BCUT2D eigenvalue weighted by atomic mass is 10.1. The first-order valence-corrected chi connectivity index (χ1v) is 12.1. The van der Waals surface area contributed by atoms with E-state index in [2.05, 4.69) is 25.8 Å². The molecule has 0 aliphatic rings. The van der Waals surface area contributed by atoms with Crippen LogP contribution in [0.3, 0.4) is 0 Å². The first-order chi connectivity index (χ1) is 16.4. The van der Waals surface area contributed by atoms with Gasteiger partial charge in [-0.25, -0.2) is 9.37 Å². The van der Waals surface area contributed by atoms with Gasteiger partial charge in [0, 0.05) is 17.5 Å². The highest BCUT2D eigenvalue weighted by atomic mass is 32.2. The Morgan fingerprint density at radius 3 is 2.59 bits per heavy atom. The highest BCUT2D eigenvalue weighted by Crippen LogP contribution is 2.30. The average molecular weight is 497 g/mol. The summed E-state index contributed by atoms with van der Waals surface area (Å²) in [4.78, 5) is 30.2. The summed E-state index contributed by atoms with van der Waals surface area (Å²) in [7, 11) is 1.74. The third-order valence-electron chi connectivity index (χ3n) is 4.87. The second-order valence-corrected chi connectivity index (χ2v) is 9.39. The Kier molecular flexibility index (Phi) is 7.33. The van der Waals surface area contributed by atoms with Crippen molar-refractivity contribution in [3.63, 3.8) is 0 Å². The molecule has 2 aromatic carbocycles. The molecule has 0 spiro atoms. The first-order valence-electron chi connectivity index (χ1n) is 10.3. The second kappa shape index (κ2) is 10.6. The lowest BCUT2D eigenvalue weighted by molar-refractivity contribution is -0.113. The van der Waals surface area contributed by atoms with Gasteiger partial charge < -0.3 is 15.2 Å². The largest absolute Gasteiger partial charge is 0.345 e. The Balaban J connectivity index is 1.31. The summed E-state index contributed by atoms with van der Waals surface area (Å²) in [5.41, 5.74) is 1.81. The monoisotopic (exact) mass is 496 g/mol. The van der Waals surface area contributed by atoms with Gasteiger partial charge in [0.1, 0.15) is 5.82 Å². The molecule has 0 saturated carbocycles. The van der Waals surface area contributed by atoms with Crippen molar-refractivity contribution in [2.75, 3.05) is 11.1 Å². The Morgan fingerprint density at radius 1 is 1.09 bits per heavy atom. The van der Waals surface area contributed by atoms with E-state index in [0.717, 1.165) is 16.1 Å². The molecule has 2 amide bonds. The number of hydrogen-bond acceptors (Lipinski definition) is 7. The van der Waals surface area contributed by atoms with Crippen molar-refractivity contribution in [2.24, 2.45) is 7.05 Å². The standard InChI is InChI=1S/C23H21FN6O2S2/c1-14-20(15-8-4-3-5-9-15)27-22(34-14)26-19(31)13-33-23-29-28-18(30(23)2)12-25-21(32)16-10-6-7-11-17(16)24/h3-11H,12-13H2,1-2H3,(H,25,32)(H,26,27,31). The van der Waals surface area contributed by atoms with E-state index in [1.54, 1.807) is 17.7 Å². The molecule has 2 heterocycles. The molecule has 11 heteroatoms. The highest BCUT2D eigenvalue weighted by Gasteiger charge is 2.16. The smallest absolute Gasteiger partial charge is 0.254 e. The average Bonchev–Trinajstić information content (AvgIpc) is 3.38. The maximum absolute atomic E-state index is 13.8. The number of aryl methyl sites for hydroxylation is 1. The molecule has 0 fully saturated rings. The highest BCUT2D eigenvalue weighted by molar-refractivity contribution is 7.99. The number of nitrogens with zero attached hydrogens (tertiary/aromatic N) is 4. The molecule has 174 valence electrons. The molecule has 0 unspecified atom stereocenters. The Morgan fingerprint density at radius 2 is 1.82 bits per heavy atom. The van der Waals surface area contributed by atoms with Crippen LogP contribution in [0.4, 0.5) is 9.52 Å². The fourth-order valence-corrected chi connectivity index (χ4v) is 4.71. The predicted molar refractivity (Wildman–Crippen MR) is 130 cm³/mol. The molecule has 0 radical (unpaired) electrons. The van der Waals surface area contributed by atoms with Crippen LogP contribution in [0, 0.1) is 12.7 Å². The van der Waals surface area contributed by atoms with E-state index in [1.165, 1.54) is 41.3 Å². The molecule has 0 saturated heterocycles. The maximum Gasteiger partial charge on any atom is 0.254 e. The van der Waals surface area contributed by atoms with Gasteiger partial charge in [-0.1, -0.05) is 54.2 Å². The normalized spacial score (nSPS) is 10.8. The number of thiazole rings is 1. The van der Waals surface area contributed by atoms with Gasteiger partial charge in [-0.05, 0) is 19.1 Å². The zero-order chi connectivity index (χ0) is 24.1. The van der Waals surface area contributed by atoms with Crippen molar-refractivity contribution in [1.82, 2.24) is 25.1 Å². The number of anilines is 1. The number of aromatic nitrogens is 4. The third-order valence-corrected chi connectivity index (χ3v) is 6.78. The Labute approximate surface area is 203 Å². The number of hydrogen-bond donors (Lipinski definition) is 2. The Hall–Kier alpha value is -3.57. The zero-order valence-electron chi connectivity index (χ0n) is 18.4. The van der Waals surface area contributed by atoms with Gasteiger partial charge in [-0.15, -0.1) is 21.5 Å². The molecule has 0 atom stereocenters. The molecule has 34 heavy (non-hydrogen) atoms. The van der Waals surface area contributed by atoms with E-state index in [1.807, 2.05) is 37.3 Å². The molecule has 4 rings (SSSR count). The molecule has 8 nitrogen and oxygen atoms in total. The zero-order valence-corrected chi connectivity index (χ0v) is 20.0.